The maximum atomic E-state index is 11.4. The fraction of sp³-hybridized carbons (Fsp3) is 0.750. The Hall–Kier alpha value is -1.36. The minimum atomic E-state index is -0.155. The fourth-order valence-corrected chi connectivity index (χ4v) is 3.06. The van der Waals surface area contributed by atoms with Gasteiger partial charge in [-0.05, 0) is 37.7 Å². The second kappa shape index (κ2) is 7.59. The Balaban J connectivity index is 2.25. The molecule has 118 valence electrons. The summed E-state index contributed by atoms with van der Waals surface area (Å²) in [5.41, 5.74) is 3.65. The molecule has 1 aromatic heterocycles. The zero-order valence-electron chi connectivity index (χ0n) is 13.4. The van der Waals surface area contributed by atoms with Crippen molar-refractivity contribution in [3.8, 4) is 0 Å². The third-order valence-corrected chi connectivity index (χ3v) is 4.21. The Labute approximate surface area is 126 Å². The normalized spacial score (nSPS) is 16.1. The van der Waals surface area contributed by atoms with E-state index >= 15 is 0 Å². The topological polar surface area (TPSA) is 53.4 Å². The van der Waals surface area contributed by atoms with Crippen LogP contribution in [-0.4, -0.2) is 36.1 Å². The molecule has 1 aromatic rings. The Morgan fingerprint density at radius 1 is 1.33 bits per heavy atom. The fourth-order valence-electron chi connectivity index (χ4n) is 3.06. The summed E-state index contributed by atoms with van der Waals surface area (Å²) in [6.45, 7) is 5.91. The highest BCUT2D eigenvalue weighted by Crippen LogP contribution is 2.27. The monoisotopic (exact) mass is 294 g/mol. The number of hydrogen-bond donors (Lipinski definition) is 0. The number of rotatable bonds is 6. The van der Waals surface area contributed by atoms with Crippen molar-refractivity contribution in [2.45, 2.75) is 58.4 Å². The number of aromatic nitrogens is 2. The molecule has 0 atom stereocenters. The van der Waals surface area contributed by atoms with Crippen molar-refractivity contribution in [1.82, 2.24) is 9.78 Å². The predicted molar refractivity (Wildman–Crippen MR) is 80.4 cm³/mol. The van der Waals surface area contributed by atoms with Gasteiger partial charge in [0, 0.05) is 25.3 Å². The average molecular weight is 294 g/mol. The third kappa shape index (κ3) is 3.64. The molecule has 5 heteroatoms. The minimum absolute atomic E-state index is 0.155. The summed E-state index contributed by atoms with van der Waals surface area (Å²) in [6, 6.07) is 0.436. The van der Waals surface area contributed by atoms with Crippen LogP contribution >= 0.6 is 0 Å². The molecule has 1 fully saturated rings. The third-order valence-electron chi connectivity index (χ3n) is 4.21. The Morgan fingerprint density at radius 2 is 2.05 bits per heavy atom. The van der Waals surface area contributed by atoms with Gasteiger partial charge in [0.2, 0.25) is 0 Å². The van der Waals surface area contributed by atoms with Crippen molar-refractivity contribution >= 4 is 5.97 Å². The van der Waals surface area contributed by atoms with Crippen LogP contribution in [0.4, 0.5) is 0 Å². The number of carbonyl (C=O) groups is 1. The van der Waals surface area contributed by atoms with E-state index in [2.05, 4.69) is 18.5 Å². The number of esters is 1. The van der Waals surface area contributed by atoms with Gasteiger partial charge < -0.3 is 9.47 Å². The number of methoxy groups -OCH3 is 1. The van der Waals surface area contributed by atoms with Crippen LogP contribution in [-0.2, 0) is 33.5 Å². The second-order valence-electron chi connectivity index (χ2n) is 5.44. The Bertz CT molecular complexity index is 476. The summed E-state index contributed by atoms with van der Waals surface area (Å²) in [4.78, 5) is 11.4. The zero-order valence-corrected chi connectivity index (χ0v) is 13.4. The van der Waals surface area contributed by atoms with Gasteiger partial charge in [0.1, 0.15) is 0 Å². The molecule has 1 saturated heterocycles. The molecule has 1 aliphatic rings. The number of carbonyl (C=O) groups excluding carboxylic acids is 1. The molecule has 2 heterocycles. The predicted octanol–water partition coefficient (Wildman–Crippen LogP) is 2.47. The summed E-state index contributed by atoms with van der Waals surface area (Å²) in [6.07, 6.45) is 5.04. The molecule has 0 bridgehead atoms. The van der Waals surface area contributed by atoms with Crippen LogP contribution in [0.1, 0.15) is 56.1 Å². The van der Waals surface area contributed by atoms with E-state index < -0.39 is 0 Å². The standard InChI is InChI=1S/C16H26N2O3/c1-4-14-13(6-7-16(19)20-3)15(5-2)18(17-14)12-8-10-21-11-9-12/h12H,4-11H2,1-3H3. The SMILES string of the molecule is CCc1nn(C2CCOCC2)c(CC)c1CCC(=O)OC. The van der Waals surface area contributed by atoms with Gasteiger partial charge in [0.05, 0.1) is 18.8 Å². The van der Waals surface area contributed by atoms with E-state index in [1.54, 1.807) is 0 Å². The van der Waals surface area contributed by atoms with Crippen molar-refractivity contribution in [3.63, 3.8) is 0 Å². The maximum Gasteiger partial charge on any atom is 0.305 e. The van der Waals surface area contributed by atoms with E-state index in [4.69, 9.17) is 14.6 Å². The summed E-state index contributed by atoms with van der Waals surface area (Å²) < 4.78 is 12.4. The number of hydrogen-bond acceptors (Lipinski definition) is 4. The van der Waals surface area contributed by atoms with Gasteiger partial charge in [-0.25, -0.2) is 0 Å². The Morgan fingerprint density at radius 3 is 2.62 bits per heavy atom. The molecule has 5 nitrogen and oxygen atoms in total. The lowest BCUT2D eigenvalue weighted by Crippen LogP contribution is -2.22. The molecule has 0 unspecified atom stereocenters. The molecule has 0 spiro atoms. The molecule has 21 heavy (non-hydrogen) atoms. The molecule has 1 aliphatic heterocycles. The van der Waals surface area contributed by atoms with E-state index in [9.17, 15) is 4.79 Å². The van der Waals surface area contributed by atoms with Gasteiger partial charge in [-0.15, -0.1) is 0 Å². The maximum absolute atomic E-state index is 11.4. The summed E-state index contributed by atoms with van der Waals surface area (Å²) in [5, 5.41) is 4.84. The highest BCUT2D eigenvalue weighted by atomic mass is 16.5. The molecular formula is C16H26N2O3. The highest BCUT2D eigenvalue weighted by Gasteiger charge is 2.23. The summed E-state index contributed by atoms with van der Waals surface area (Å²) in [5.74, 6) is -0.155. The van der Waals surface area contributed by atoms with Crippen molar-refractivity contribution in [2.75, 3.05) is 20.3 Å². The van der Waals surface area contributed by atoms with Gasteiger partial charge >= 0.3 is 5.97 Å². The van der Waals surface area contributed by atoms with Gasteiger partial charge in [-0.2, -0.15) is 5.10 Å². The molecular weight excluding hydrogens is 268 g/mol. The molecule has 0 aromatic carbocycles. The van der Waals surface area contributed by atoms with Crippen LogP contribution in [0.15, 0.2) is 0 Å². The molecule has 0 saturated carbocycles. The van der Waals surface area contributed by atoms with E-state index in [0.717, 1.165) is 51.0 Å². The van der Waals surface area contributed by atoms with Gasteiger partial charge in [0.25, 0.3) is 0 Å². The van der Waals surface area contributed by atoms with E-state index in [1.165, 1.54) is 18.4 Å². The van der Waals surface area contributed by atoms with Gasteiger partial charge in [-0.1, -0.05) is 13.8 Å². The quantitative estimate of drug-likeness (QED) is 0.756. The molecule has 0 N–H and O–H groups in total. The highest BCUT2D eigenvalue weighted by molar-refractivity contribution is 5.69. The first kappa shape index (κ1) is 16.0. The van der Waals surface area contributed by atoms with E-state index in [1.807, 2.05) is 0 Å². The lowest BCUT2D eigenvalue weighted by Gasteiger charge is -2.24. The molecule has 2 rings (SSSR count). The number of ether oxygens (including phenoxy) is 2. The van der Waals surface area contributed by atoms with Crippen molar-refractivity contribution < 1.29 is 14.3 Å². The first-order valence-electron chi connectivity index (χ1n) is 7.94. The van der Waals surface area contributed by atoms with Gasteiger partial charge in [-0.3, -0.25) is 9.48 Å². The first-order chi connectivity index (χ1) is 10.2. The molecule has 0 radical (unpaired) electrons. The van der Waals surface area contributed by atoms with Crippen molar-refractivity contribution in [2.24, 2.45) is 0 Å². The van der Waals surface area contributed by atoms with Crippen LogP contribution in [0.5, 0.6) is 0 Å². The van der Waals surface area contributed by atoms with Crippen LogP contribution in [0, 0.1) is 0 Å². The van der Waals surface area contributed by atoms with Crippen molar-refractivity contribution in [3.05, 3.63) is 17.0 Å². The van der Waals surface area contributed by atoms with E-state index in [0.29, 0.717) is 12.5 Å². The second-order valence-corrected chi connectivity index (χ2v) is 5.44. The van der Waals surface area contributed by atoms with Crippen LogP contribution < -0.4 is 0 Å². The summed E-state index contributed by atoms with van der Waals surface area (Å²) >= 11 is 0. The lowest BCUT2D eigenvalue weighted by atomic mass is 10.0. The van der Waals surface area contributed by atoms with E-state index in [-0.39, 0.29) is 5.97 Å². The smallest absolute Gasteiger partial charge is 0.305 e. The molecule has 0 amide bonds. The van der Waals surface area contributed by atoms with Crippen LogP contribution in [0.2, 0.25) is 0 Å². The number of aryl methyl sites for hydroxylation is 1. The van der Waals surface area contributed by atoms with Crippen LogP contribution in [0.25, 0.3) is 0 Å². The average Bonchev–Trinajstić information content (AvgIpc) is 2.90. The lowest BCUT2D eigenvalue weighted by molar-refractivity contribution is -0.140. The minimum Gasteiger partial charge on any atom is -0.469 e. The zero-order chi connectivity index (χ0) is 15.2. The Kier molecular flexibility index (Phi) is 5.79. The van der Waals surface area contributed by atoms with Crippen LogP contribution in [0.3, 0.4) is 0 Å². The van der Waals surface area contributed by atoms with Crippen molar-refractivity contribution in [1.29, 1.82) is 0 Å². The number of nitrogens with zero attached hydrogens (tertiary/aromatic N) is 2. The largest absolute Gasteiger partial charge is 0.469 e. The summed E-state index contributed by atoms with van der Waals surface area (Å²) in [7, 11) is 1.44. The van der Waals surface area contributed by atoms with Gasteiger partial charge in [0.15, 0.2) is 0 Å². The first-order valence-corrected chi connectivity index (χ1v) is 7.94. The molecule has 0 aliphatic carbocycles.